The van der Waals surface area contributed by atoms with Crippen LogP contribution in [-0.4, -0.2) is 16.2 Å². The highest BCUT2D eigenvalue weighted by Gasteiger charge is 1.95. The molecule has 3 nitrogen and oxygen atoms in total. The number of carboxylic acid groups (broad SMARTS) is 1. The predicted molar refractivity (Wildman–Crippen MR) is 29.5 cm³/mol. The van der Waals surface area contributed by atoms with Crippen molar-refractivity contribution < 1.29 is 9.90 Å². The number of amides is 1. The Bertz CT molecular complexity index is 73.3. The third kappa shape index (κ3) is 5.75. The minimum absolute atomic E-state index is 0.162. The first kappa shape index (κ1) is 6.75. The van der Waals surface area contributed by atoms with Gasteiger partial charge >= 0.3 is 6.09 Å². The molecule has 4 heteroatoms. The zero-order valence-electron chi connectivity index (χ0n) is 3.81. The van der Waals surface area contributed by atoms with E-state index in [1.807, 2.05) is 0 Å². The molecule has 0 aliphatic heterocycles. The van der Waals surface area contributed by atoms with E-state index in [9.17, 15) is 4.79 Å². The standard InChI is InChI=1S/C3H6BrNO2/c1-2(4)5-3(6)7/h2,5H,1H3,(H,6,7). The predicted octanol–water partition coefficient (Wildman–Crippen LogP) is 0.995. The van der Waals surface area contributed by atoms with Crippen LogP contribution in [0.5, 0.6) is 0 Å². The van der Waals surface area contributed by atoms with Crippen LogP contribution in [0.3, 0.4) is 0 Å². The number of hydrogen-bond acceptors (Lipinski definition) is 1. The Morgan fingerprint density at radius 1 is 2.00 bits per heavy atom. The largest absolute Gasteiger partial charge is 0.465 e. The second-order valence-corrected chi connectivity index (χ2v) is 2.44. The number of nitrogens with one attached hydrogen (secondary N) is 1. The molecule has 0 aromatic heterocycles. The van der Waals surface area contributed by atoms with E-state index in [4.69, 9.17) is 5.11 Å². The van der Waals surface area contributed by atoms with Gasteiger partial charge in [-0.2, -0.15) is 0 Å². The monoisotopic (exact) mass is 167 g/mol. The van der Waals surface area contributed by atoms with Crippen LogP contribution < -0.4 is 5.32 Å². The first-order chi connectivity index (χ1) is 3.13. The van der Waals surface area contributed by atoms with Crippen LogP contribution in [0.1, 0.15) is 6.92 Å². The Hall–Kier alpha value is -0.250. The van der Waals surface area contributed by atoms with E-state index in [-0.39, 0.29) is 4.95 Å². The minimum Gasteiger partial charge on any atom is -0.465 e. The zero-order valence-corrected chi connectivity index (χ0v) is 5.40. The lowest BCUT2D eigenvalue weighted by Gasteiger charge is -1.98. The van der Waals surface area contributed by atoms with Gasteiger partial charge in [-0.25, -0.2) is 4.79 Å². The topological polar surface area (TPSA) is 49.3 Å². The average Bonchev–Trinajstić information content (AvgIpc) is 1.27. The molecule has 0 saturated heterocycles. The molecule has 0 aromatic carbocycles. The Labute approximate surface area is 49.8 Å². The summed E-state index contributed by atoms with van der Waals surface area (Å²) < 4.78 is 0. The normalized spacial score (nSPS) is 12.9. The van der Waals surface area contributed by atoms with Crippen molar-refractivity contribution in [2.75, 3.05) is 0 Å². The Balaban J connectivity index is 3.13. The van der Waals surface area contributed by atoms with E-state index in [0.717, 1.165) is 0 Å². The maximum absolute atomic E-state index is 9.67. The summed E-state index contributed by atoms with van der Waals surface area (Å²) in [6, 6.07) is 0. The molecule has 2 N–H and O–H groups in total. The number of rotatable bonds is 1. The number of halogens is 1. The number of hydrogen-bond donors (Lipinski definition) is 2. The highest BCUT2D eigenvalue weighted by Crippen LogP contribution is 1.88. The molecule has 1 amide bonds. The van der Waals surface area contributed by atoms with Gasteiger partial charge in [0.2, 0.25) is 0 Å². The third-order valence-electron chi connectivity index (χ3n) is 0.322. The first-order valence-electron chi connectivity index (χ1n) is 1.76. The molecule has 0 saturated carbocycles. The summed E-state index contributed by atoms with van der Waals surface area (Å²) in [5.74, 6) is 0. The van der Waals surface area contributed by atoms with Crippen molar-refractivity contribution >= 4 is 22.0 Å². The molecule has 0 radical (unpaired) electrons. The smallest absolute Gasteiger partial charge is 0.405 e. The van der Waals surface area contributed by atoms with Crippen LogP contribution >= 0.6 is 15.9 Å². The first-order valence-corrected chi connectivity index (χ1v) is 2.68. The van der Waals surface area contributed by atoms with Gasteiger partial charge in [-0.15, -0.1) is 0 Å². The van der Waals surface area contributed by atoms with Crippen molar-refractivity contribution in [1.82, 2.24) is 5.32 Å². The van der Waals surface area contributed by atoms with Crippen molar-refractivity contribution in [2.45, 2.75) is 11.9 Å². The summed E-state index contributed by atoms with van der Waals surface area (Å²) in [6.45, 7) is 1.69. The van der Waals surface area contributed by atoms with E-state index in [0.29, 0.717) is 0 Å². The van der Waals surface area contributed by atoms with Crippen molar-refractivity contribution in [3.05, 3.63) is 0 Å². The fourth-order valence-electron chi connectivity index (χ4n) is 0.170. The van der Waals surface area contributed by atoms with Crippen molar-refractivity contribution in [2.24, 2.45) is 0 Å². The average molecular weight is 168 g/mol. The van der Waals surface area contributed by atoms with Crippen molar-refractivity contribution in [3.63, 3.8) is 0 Å². The second kappa shape index (κ2) is 2.85. The lowest BCUT2D eigenvalue weighted by molar-refractivity contribution is 0.194. The van der Waals surface area contributed by atoms with Gasteiger partial charge in [0.1, 0.15) is 0 Å². The molecule has 0 bridgehead atoms. The summed E-state index contributed by atoms with van der Waals surface area (Å²) >= 11 is 2.98. The zero-order chi connectivity index (χ0) is 5.86. The van der Waals surface area contributed by atoms with Crippen LogP contribution in [0.4, 0.5) is 4.79 Å². The van der Waals surface area contributed by atoms with Gasteiger partial charge in [-0.05, 0) is 6.92 Å². The van der Waals surface area contributed by atoms with Crippen LogP contribution in [0.25, 0.3) is 0 Å². The van der Waals surface area contributed by atoms with Crippen LogP contribution in [0.2, 0.25) is 0 Å². The summed E-state index contributed by atoms with van der Waals surface area (Å²) in [7, 11) is 0. The number of carbonyl (C=O) groups is 1. The van der Waals surface area contributed by atoms with E-state index >= 15 is 0 Å². The summed E-state index contributed by atoms with van der Waals surface area (Å²) in [6.07, 6.45) is -1.01. The molecular formula is C3H6BrNO2. The van der Waals surface area contributed by atoms with E-state index in [1.165, 1.54) is 0 Å². The van der Waals surface area contributed by atoms with Gasteiger partial charge in [0.15, 0.2) is 0 Å². The second-order valence-electron chi connectivity index (χ2n) is 1.07. The fraction of sp³-hybridized carbons (Fsp3) is 0.667. The molecule has 0 spiro atoms. The van der Waals surface area contributed by atoms with E-state index in [2.05, 4.69) is 21.2 Å². The quantitative estimate of drug-likeness (QED) is 0.453. The van der Waals surface area contributed by atoms with Gasteiger partial charge in [-0.1, -0.05) is 15.9 Å². The van der Waals surface area contributed by atoms with Crippen LogP contribution in [0, 0.1) is 0 Å². The molecular weight excluding hydrogens is 162 g/mol. The molecule has 0 aliphatic rings. The summed E-state index contributed by atoms with van der Waals surface area (Å²) in [4.78, 5) is 9.51. The Kier molecular flexibility index (Phi) is 2.75. The van der Waals surface area contributed by atoms with Crippen molar-refractivity contribution in [1.29, 1.82) is 0 Å². The molecule has 0 fully saturated rings. The van der Waals surface area contributed by atoms with E-state index in [1.54, 1.807) is 6.92 Å². The fourth-order valence-corrected chi connectivity index (χ4v) is 0.366. The van der Waals surface area contributed by atoms with Gasteiger partial charge in [0.05, 0.1) is 4.95 Å². The van der Waals surface area contributed by atoms with Gasteiger partial charge in [-0.3, -0.25) is 0 Å². The lowest BCUT2D eigenvalue weighted by Crippen LogP contribution is -2.25. The minimum atomic E-state index is -1.01. The highest BCUT2D eigenvalue weighted by atomic mass is 79.9. The molecule has 0 aromatic rings. The molecule has 0 heterocycles. The van der Waals surface area contributed by atoms with Gasteiger partial charge < -0.3 is 10.4 Å². The summed E-state index contributed by atoms with van der Waals surface area (Å²) in [5, 5.41) is 10.1. The number of alkyl halides is 1. The van der Waals surface area contributed by atoms with Gasteiger partial charge in [0.25, 0.3) is 0 Å². The highest BCUT2D eigenvalue weighted by molar-refractivity contribution is 9.09. The molecule has 7 heavy (non-hydrogen) atoms. The van der Waals surface area contributed by atoms with Gasteiger partial charge in [0, 0.05) is 0 Å². The maximum atomic E-state index is 9.67. The SMILES string of the molecule is CC(Br)NC(=O)O. The molecule has 0 rings (SSSR count). The summed E-state index contributed by atoms with van der Waals surface area (Å²) in [5.41, 5.74) is 0. The molecule has 1 unspecified atom stereocenters. The van der Waals surface area contributed by atoms with Crippen LogP contribution in [-0.2, 0) is 0 Å². The van der Waals surface area contributed by atoms with Crippen molar-refractivity contribution in [3.8, 4) is 0 Å². The Morgan fingerprint density at radius 2 is 2.43 bits per heavy atom. The third-order valence-corrected chi connectivity index (χ3v) is 0.551. The van der Waals surface area contributed by atoms with E-state index < -0.39 is 6.09 Å². The molecule has 1 atom stereocenters. The lowest BCUT2D eigenvalue weighted by atomic mass is 10.8. The molecule has 0 aliphatic carbocycles. The molecule has 42 valence electrons. The Morgan fingerprint density at radius 3 is 2.43 bits per heavy atom. The maximum Gasteiger partial charge on any atom is 0.405 e. The van der Waals surface area contributed by atoms with Crippen LogP contribution in [0.15, 0.2) is 0 Å².